The van der Waals surface area contributed by atoms with Crippen molar-refractivity contribution in [1.82, 2.24) is 0 Å². The molecule has 0 heterocycles. The number of hydrogen-bond donors (Lipinski definition) is 2. The highest BCUT2D eigenvalue weighted by molar-refractivity contribution is 7.78. The second kappa shape index (κ2) is 3.34. The molecule has 58 valence electrons. The molecule has 0 aromatic heterocycles. The lowest BCUT2D eigenvalue weighted by Gasteiger charge is -1.98. The van der Waals surface area contributed by atoms with E-state index in [-0.39, 0.29) is 11.5 Å². The smallest absolute Gasteiger partial charge is 0.157 e. The number of thiocarbonyl (C=S) groups is 1. The summed E-state index contributed by atoms with van der Waals surface area (Å²) in [6.07, 6.45) is 0.628. The van der Waals surface area contributed by atoms with Gasteiger partial charge in [-0.1, -0.05) is 18.3 Å². The molecular weight excluding hydrogens is 160 g/mol. The van der Waals surface area contributed by atoms with E-state index in [1.54, 1.807) is 11.4 Å². The Balaban J connectivity index is 2.95. The van der Waals surface area contributed by atoms with Crippen molar-refractivity contribution >= 4 is 17.6 Å². The van der Waals surface area contributed by atoms with Gasteiger partial charge in [0.2, 0.25) is 0 Å². The summed E-state index contributed by atoms with van der Waals surface area (Å²) < 4.78 is 0. The molecule has 0 atom stereocenters. The molecule has 0 aliphatic rings. The van der Waals surface area contributed by atoms with E-state index in [0.717, 1.165) is 5.56 Å². The zero-order valence-corrected chi connectivity index (χ0v) is 6.64. The molecule has 0 fully saturated rings. The topological polar surface area (TPSA) is 40.5 Å². The molecule has 0 saturated carbocycles. The third kappa shape index (κ3) is 1.91. The molecule has 11 heavy (non-hydrogen) atoms. The summed E-state index contributed by atoms with van der Waals surface area (Å²) in [5, 5.41) is 19.5. The predicted molar refractivity (Wildman–Crippen MR) is 47.1 cm³/mol. The summed E-state index contributed by atoms with van der Waals surface area (Å²) in [4.78, 5) is 0. The van der Waals surface area contributed by atoms with Gasteiger partial charge in [-0.3, -0.25) is 0 Å². The lowest BCUT2D eigenvalue weighted by atomic mass is 10.1. The summed E-state index contributed by atoms with van der Waals surface area (Å²) in [7, 11) is 0. The standard InChI is InChI=1S/C8H8O2S/c9-7-2-1-6(3-4-11)5-8(7)10/h1-2,4-5,9-10H,3H2. The third-order valence-electron chi connectivity index (χ3n) is 1.36. The highest BCUT2D eigenvalue weighted by Gasteiger charge is 1.98. The van der Waals surface area contributed by atoms with Crippen LogP contribution in [0.4, 0.5) is 0 Å². The fourth-order valence-electron chi connectivity index (χ4n) is 0.792. The molecule has 2 N–H and O–H groups in total. The van der Waals surface area contributed by atoms with Gasteiger partial charge in [0.1, 0.15) is 0 Å². The molecule has 3 heteroatoms. The van der Waals surface area contributed by atoms with Crippen molar-refractivity contribution in [2.75, 3.05) is 0 Å². The highest BCUT2D eigenvalue weighted by Crippen LogP contribution is 2.24. The number of phenolic OH excluding ortho intramolecular Hbond substituents is 2. The van der Waals surface area contributed by atoms with Crippen LogP contribution in [0.1, 0.15) is 5.56 Å². The number of rotatable bonds is 2. The molecule has 1 rings (SSSR count). The van der Waals surface area contributed by atoms with Crippen LogP contribution in [0.3, 0.4) is 0 Å². The molecule has 0 saturated heterocycles. The van der Waals surface area contributed by atoms with Gasteiger partial charge < -0.3 is 10.2 Å². The lowest BCUT2D eigenvalue weighted by molar-refractivity contribution is 0.403. The monoisotopic (exact) mass is 168 g/mol. The zero-order valence-electron chi connectivity index (χ0n) is 5.82. The molecule has 1 aromatic carbocycles. The van der Waals surface area contributed by atoms with Crippen molar-refractivity contribution in [2.45, 2.75) is 6.42 Å². The van der Waals surface area contributed by atoms with Crippen LogP contribution in [0, 0.1) is 0 Å². The van der Waals surface area contributed by atoms with E-state index in [1.165, 1.54) is 12.1 Å². The highest BCUT2D eigenvalue weighted by atomic mass is 32.1. The summed E-state index contributed by atoms with van der Waals surface area (Å²) in [6.45, 7) is 0. The third-order valence-corrected chi connectivity index (χ3v) is 1.53. The predicted octanol–water partition coefficient (Wildman–Crippen LogP) is 1.64. The van der Waals surface area contributed by atoms with Crippen LogP contribution in [-0.4, -0.2) is 15.6 Å². The molecule has 2 nitrogen and oxygen atoms in total. The Kier molecular flexibility index (Phi) is 2.44. The summed E-state index contributed by atoms with van der Waals surface area (Å²) >= 11 is 4.64. The van der Waals surface area contributed by atoms with Gasteiger partial charge in [0.05, 0.1) is 0 Å². The maximum atomic E-state index is 9.03. The second-order valence-electron chi connectivity index (χ2n) is 2.19. The Morgan fingerprint density at radius 1 is 1.27 bits per heavy atom. The van der Waals surface area contributed by atoms with Gasteiger partial charge in [0.15, 0.2) is 11.5 Å². The van der Waals surface area contributed by atoms with Gasteiger partial charge >= 0.3 is 0 Å². The van der Waals surface area contributed by atoms with Crippen LogP contribution < -0.4 is 0 Å². The average Bonchev–Trinajstić information content (AvgIpc) is 1.98. The fraction of sp³-hybridized carbons (Fsp3) is 0.125. The Labute approximate surface area is 70.1 Å². The van der Waals surface area contributed by atoms with E-state index < -0.39 is 0 Å². The van der Waals surface area contributed by atoms with Gasteiger partial charge in [-0.2, -0.15) is 0 Å². The minimum absolute atomic E-state index is 0.0978. The van der Waals surface area contributed by atoms with Crippen molar-refractivity contribution in [1.29, 1.82) is 0 Å². The second-order valence-corrected chi connectivity index (χ2v) is 2.53. The summed E-state index contributed by atoms with van der Waals surface area (Å²) in [5.41, 5.74) is 0.898. The Bertz CT molecular complexity index is 271. The molecule has 0 unspecified atom stereocenters. The Hall–Kier alpha value is -1.09. The number of hydrogen-bond acceptors (Lipinski definition) is 3. The lowest BCUT2D eigenvalue weighted by Crippen LogP contribution is -1.82. The summed E-state index contributed by atoms with van der Waals surface area (Å²) in [5.74, 6) is -0.197. The molecule has 0 spiro atoms. The first-order valence-electron chi connectivity index (χ1n) is 3.18. The van der Waals surface area contributed by atoms with E-state index in [9.17, 15) is 0 Å². The molecule has 0 radical (unpaired) electrons. The Morgan fingerprint density at radius 3 is 2.55 bits per heavy atom. The van der Waals surface area contributed by atoms with Gasteiger partial charge in [0, 0.05) is 6.42 Å². The van der Waals surface area contributed by atoms with E-state index >= 15 is 0 Å². The van der Waals surface area contributed by atoms with Crippen LogP contribution in [0.5, 0.6) is 11.5 Å². The van der Waals surface area contributed by atoms with E-state index in [2.05, 4.69) is 12.2 Å². The van der Waals surface area contributed by atoms with E-state index in [4.69, 9.17) is 10.2 Å². The first-order valence-corrected chi connectivity index (χ1v) is 3.65. The van der Waals surface area contributed by atoms with Crippen molar-refractivity contribution < 1.29 is 10.2 Å². The molecule has 0 bridgehead atoms. The normalized spacial score (nSPS) is 9.45. The first-order chi connectivity index (χ1) is 5.24. The first kappa shape index (κ1) is 8.01. The van der Waals surface area contributed by atoms with Gasteiger partial charge in [-0.05, 0) is 23.1 Å². The van der Waals surface area contributed by atoms with Crippen molar-refractivity contribution in [3.63, 3.8) is 0 Å². The van der Waals surface area contributed by atoms with Crippen LogP contribution in [0.25, 0.3) is 0 Å². The number of benzene rings is 1. The molecule has 0 aliphatic carbocycles. The van der Waals surface area contributed by atoms with Crippen LogP contribution in [0.15, 0.2) is 18.2 Å². The number of aromatic hydroxyl groups is 2. The van der Waals surface area contributed by atoms with E-state index in [0.29, 0.717) is 6.42 Å². The minimum Gasteiger partial charge on any atom is -0.504 e. The largest absolute Gasteiger partial charge is 0.504 e. The maximum Gasteiger partial charge on any atom is 0.157 e. The van der Waals surface area contributed by atoms with E-state index in [1.807, 2.05) is 0 Å². The van der Waals surface area contributed by atoms with Gasteiger partial charge in [-0.15, -0.1) is 0 Å². The quantitative estimate of drug-likeness (QED) is 0.521. The molecule has 0 aliphatic heterocycles. The van der Waals surface area contributed by atoms with Crippen molar-refractivity contribution in [2.24, 2.45) is 0 Å². The minimum atomic E-state index is -0.0990. The summed E-state index contributed by atoms with van der Waals surface area (Å²) in [6, 6.07) is 4.67. The molecule has 1 aromatic rings. The van der Waals surface area contributed by atoms with Gasteiger partial charge in [0.25, 0.3) is 0 Å². The Morgan fingerprint density at radius 2 is 2.00 bits per heavy atom. The zero-order chi connectivity index (χ0) is 8.27. The SMILES string of the molecule is Oc1ccc(CC=S)cc1O. The average molecular weight is 168 g/mol. The number of phenols is 2. The van der Waals surface area contributed by atoms with Crippen LogP contribution in [-0.2, 0) is 6.42 Å². The molecule has 0 amide bonds. The maximum absolute atomic E-state index is 9.03. The van der Waals surface area contributed by atoms with Gasteiger partial charge in [-0.25, -0.2) is 0 Å². The molecular formula is C8H8O2S. The fourth-order valence-corrected chi connectivity index (χ4v) is 0.985. The van der Waals surface area contributed by atoms with Crippen molar-refractivity contribution in [3.05, 3.63) is 23.8 Å². The van der Waals surface area contributed by atoms with Crippen molar-refractivity contribution in [3.8, 4) is 11.5 Å². The van der Waals surface area contributed by atoms with Crippen LogP contribution in [0.2, 0.25) is 0 Å². The van der Waals surface area contributed by atoms with Crippen LogP contribution >= 0.6 is 12.2 Å².